The van der Waals surface area contributed by atoms with E-state index in [4.69, 9.17) is 6.42 Å². The Kier molecular flexibility index (Phi) is 8.19. The summed E-state index contributed by atoms with van der Waals surface area (Å²) in [5.41, 5.74) is -0.579. The van der Waals surface area contributed by atoms with Crippen molar-refractivity contribution in [1.29, 1.82) is 0 Å². The Labute approximate surface area is 210 Å². The number of anilines is 3. The third kappa shape index (κ3) is 7.81. The van der Waals surface area contributed by atoms with E-state index in [0.29, 0.717) is 5.69 Å². The molecule has 0 aliphatic carbocycles. The molecule has 7 nitrogen and oxygen atoms in total. The van der Waals surface area contributed by atoms with E-state index in [0.717, 1.165) is 24.5 Å². The molecule has 0 radical (unpaired) electrons. The number of amides is 1. The fourth-order valence-corrected chi connectivity index (χ4v) is 3.68. The molecule has 2 aromatic carbocycles. The highest BCUT2D eigenvalue weighted by atomic mass is 32.2. The molecule has 12 heteroatoms. The van der Waals surface area contributed by atoms with Crippen LogP contribution in [0.5, 0.6) is 0 Å². The molecule has 0 saturated carbocycles. The van der Waals surface area contributed by atoms with Crippen molar-refractivity contribution < 1.29 is 30.8 Å². The fourth-order valence-electron chi connectivity index (χ4n) is 3.10. The fraction of sp³-hybridized carbons (Fsp3) is 0.120. The summed E-state index contributed by atoms with van der Waals surface area (Å²) in [5, 5.41) is 5.30. The maximum Gasteiger partial charge on any atom is 0.433 e. The number of rotatable bonds is 8. The van der Waals surface area contributed by atoms with Crippen molar-refractivity contribution in [1.82, 2.24) is 10.3 Å². The molecule has 0 spiro atoms. The van der Waals surface area contributed by atoms with Gasteiger partial charge in [-0.05, 0) is 48.0 Å². The molecule has 3 rings (SSSR count). The number of alkyl halides is 3. The summed E-state index contributed by atoms with van der Waals surface area (Å²) in [6.45, 7) is -0.158. The number of nitrogens with zero attached hydrogens (tertiary/aromatic N) is 1. The molecule has 0 unspecified atom stereocenters. The lowest BCUT2D eigenvalue weighted by Crippen LogP contribution is -2.21. The molecule has 0 aliphatic heterocycles. The van der Waals surface area contributed by atoms with E-state index in [-0.39, 0.29) is 34.7 Å². The Balaban J connectivity index is 1.77. The maximum absolute atomic E-state index is 14.4. The van der Waals surface area contributed by atoms with E-state index in [1.54, 1.807) is 30.3 Å². The summed E-state index contributed by atoms with van der Waals surface area (Å²) in [4.78, 5) is 16.0. The summed E-state index contributed by atoms with van der Waals surface area (Å²) < 4.78 is 78.8. The van der Waals surface area contributed by atoms with Gasteiger partial charge in [-0.3, -0.25) is 9.52 Å². The highest BCUT2D eigenvalue weighted by Gasteiger charge is 2.33. The first kappa shape index (κ1) is 27.2. The summed E-state index contributed by atoms with van der Waals surface area (Å²) in [7, 11) is -3.78. The molecule has 0 bridgehead atoms. The zero-order valence-electron chi connectivity index (χ0n) is 19.2. The summed E-state index contributed by atoms with van der Waals surface area (Å²) >= 11 is 0. The highest BCUT2D eigenvalue weighted by Crippen LogP contribution is 2.31. The monoisotopic (exact) mass is 532 g/mol. The van der Waals surface area contributed by atoms with Gasteiger partial charge < -0.3 is 10.6 Å². The Bertz CT molecular complexity index is 1480. The van der Waals surface area contributed by atoms with Crippen molar-refractivity contribution in [3.63, 3.8) is 0 Å². The Hall–Kier alpha value is -4.37. The van der Waals surface area contributed by atoms with Crippen LogP contribution in [-0.4, -0.2) is 25.6 Å². The highest BCUT2D eigenvalue weighted by molar-refractivity contribution is 7.92. The van der Waals surface area contributed by atoms with Crippen molar-refractivity contribution >= 4 is 39.2 Å². The second kappa shape index (κ2) is 11.1. The van der Waals surface area contributed by atoms with E-state index >= 15 is 0 Å². The first-order chi connectivity index (χ1) is 17.4. The van der Waals surface area contributed by atoms with Gasteiger partial charge in [0.1, 0.15) is 17.3 Å². The molecule has 0 aliphatic rings. The lowest BCUT2D eigenvalue weighted by atomic mass is 10.1. The van der Waals surface area contributed by atoms with Crippen molar-refractivity contribution in [3.8, 4) is 12.3 Å². The standard InChI is InChI=1S/C25H20F4N4O3S/c1-3-17-13-16(14-20(26)23(17)33-37(2,35)36)15-30-22(34)12-10-18-9-11-21(25(27,28)29)32-24(18)31-19-7-5-4-6-8-19/h1,4-14,33H,15H2,2H3,(H,30,34)(H,31,32)/b12-10-. The average molecular weight is 533 g/mol. The number of nitrogens with one attached hydrogen (secondary N) is 3. The number of carbonyl (C=O) groups is 1. The maximum atomic E-state index is 14.4. The largest absolute Gasteiger partial charge is 0.433 e. The quantitative estimate of drug-likeness (QED) is 0.223. The number of hydrogen-bond acceptors (Lipinski definition) is 5. The number of benzene rings is 2. The molecule has 0 atom stereocenters. The van der Waals surface area contributed by atoms with Gasteiger partial charge in [0, 0.05) is 23.9 Å². The van der Waals surface area contributed by atoms with Crippen molar-refractivity contribution in [2.45, 2.75) is 12.7 Å². The summed E-state index contributed by atoms with van der Waals surface area (Å²) in [6.07, 6.45) is 3.90. The SMILES string of the molecule is C#Cc1cc(CNC(=O)/C=C\c2ccc(C(F)(F)F)nc2Nc2ccccc2)cc(F)c1NS(C)(=O)=O. The molecule has 192 valence electrons. The molecule has 1 amide bonds. The summed E-state index contributed by atoms with van der Waals surface area (Å²) in [6, 6.07) is 12.7. The van der Waals surface area contributed by atoms with Crippen LogP contribution in [-0.2, 0) is 27.5 Å². The van der Waals surface area contributed by atoms with Crippen molar-refractivity contribution in [2.75, 3.05) is 16.3 Å². The van der Waals surface area contributed by atoms with Gasteiger partial charge in [0.05, 0.1) is 17.5 Å². The predicted molar refractivity (Wildman–Crippen MR) is 133 cm³/mol. The lowest BCUT2D eigenvalue weighted by molar-refractivity contribution is -0.141. The number of aromatic nitrogens is 1. The van der Waals surface area contributed by atoms with E-state index < -0.39 is 33.6 Å². The van der Waals surface area contributed by atoms with Gasteiger partial charge in [-0.25, -0.2) is 17.8 Å². The van der Waals surface area contributed by atoms with Crippen LogP contribution >= 0.6 is 0 Å². The van der Waals surface area contributed by atoms with Gasteiger partial charge in [0.25, 0.3) is 0 Å². The number of hydrogen-bond donors (Lipinski definition) is 3. The Morgan fingerprint density at radius 1 is 1.14 bits per heavy atom. The minimum atomic E-state index is -4.66. The molecule has 0 fully saturated rings. The average Bonchev–Trinajstić information content (AvgIpc) is 2.82. The summed E-state index contributed by atoms with van der Waals surface area (Å²) in [5.74, 6) is 0.520. The minimum Gasteiger partial charge on any atom is -0.348 e. The van der Waals surface area contributed by atoms with Crippen molar-refractivity contribution in [2.24, 2.45) is 0 Å². The van der Waals surface area contributed by atoms with Gasteiger partial charge in [-0.15, -0.1) is 6.42 Å². The predicted octanol–water partition coefficient (Wildman–Crippen LogP) is 4.67. The minimum absolute atomic E-state index is 0.0577. The van der Waals surface area contributed by atoms with Crippen LogP contribution in [0.1, 0.15) is 22.4 Å². The number of terminal acetylenes is 1. The third-order valence-corrected chi connectivity index (χ3v) is 5.30. The van der Waals surface area contributed by atoms with E-state index in [1.165, 1.54) is 18.2 Å². The van der Waals surface area contributed by atoms with Crippen LogP contribution < -0.4 is 15.4 Å². The third-order valence-electron chi connectivity index (χ3n) is 4.73. The number of sulfonamides is 1. The normalized spacial score (nSPS) is 11.7. The van der Waals surface area contributed by atoms with Gasteiger partial charge in [-0.1, -0.05) is 24.1 Å². The second-order valence-electron chi connectivity index (χ2n) is 7.69. The van der Waals surface area contributed by atoms with Gasteiger partial charge in [-0.2, -0.15) is 13.2 Å². The smallest absolute Gasteiger partial charge is 0.348 e. The van der Waals surface area contributed by atoms with Crippen LogP contribution in [0.2, 0.25) is 0 Å². The van der Waals surface area contributed by atoms with Gasteiger partial charge in [0.15, 0.2) is 0 Å². The van der Waals surface area contributed by atoms with Crippen LogP contribution in [0, 0.1) is 18.2 Å². The molecule has 0 saturated heterocycles. The van der Waals surface area contributed by atoms with E-state index in [1.807, 2.05) is 4.72 Å². The zero-order chi connectivity index (χ0) is 27.2. The first-order valence-corrected chi connectivity index (χ1v) is 12.4. The van der Waals surface area contributed by atoms with Crippen LogP contribution in [0.4, 0.5) is 34.8 Å². The molecular formula is C25H20F4N4O3S. The second-order valence-corrected chi connectivity index (χ2v) is 9.44. The number of carbonyl (C=O) groups excluding carboxylic acids is 1. The molecule has 1 heterocycles. The Morgan fingerprint density at radius 2 is 1.84 bits per heavy atom. The first-order valence-electron chi connectivity index (χ1n) is 10.5. The number of pyridine rings is 1. The van der Waals surface area contributed by atoms with Crippen LogP contribution in [0.25, 0.3) is 6.08 Å². The van der Waals surface area contributed by atoms with Gasteiger partial charge >= 0.3 is 6.18 Å². The van der Waals surface area contributed by atoms with Crippen molar-refractivity contribution in [3.05, 3.63) is 88.9 Å². The molecular weight excluding hydrogens is 512 g/mol. The van der Waals surface area contributed by atoms with Crippen LogP contribution in [0.15, 0.2) is 60.7 Å². The molecule has 37 heavy (non-hydrogen) atoms. The van der Waals surface area contributed by atoms with Crippen LogP contribution in [0.3, 0.4) is 0 Å². The Morgan fingerprint density at radius 3 is 2.46 bits per heavy atom. The molecule has 3 N–H and O–H groups in total. The zero-order valence-corrected chi connectivity index (χ0v) is 20.0. The molecule has 3 aromatic rings. The van der Waals surface area contributed by atoms with Gasteiger partial charge in [0.2, 0.25) is 15.9 Å². The lowest BCUT2D eigenvalue weighted by Gasteiger charge is -2.13. The van der Waals surface area contributed by atoms with E-state index in [9.17, 15) is 30.8 Å². The number of para-hydroxylation sites is 1. The number of halogens is 4. The van der Waals surface area contributed by atoms with E-state index in [2.05, 4.69) is 21.5 Å². The molecule has 1 aromatic heterocycles. The topological polar surface area (TPSA) is 100 Å².